The number of hydrazine groups is 1. The van der Waals surface area contributed by atoms with Gasteiger partial charge in [0, 0.05) is 11.9 Å². The highest BCUT2D eigenvalue weighted by molar-refractivity contribution is 6.32. The van der Waals surface area contributed by atoms with Gasteiger partial charge >= 0.3 is 5.97 Å². The van der Waals surface area contributed by atoms with Crippen LogP contribution in [0, 0.1) is 0 Å². The van der Waals surface area contributed by atoms with Crippen LogP contribution in [-0.4, -0.2) is 40.8 Å². The molecule has 1 saturated heterocycles. The average molecular weight is 378 g/mol. The summed E-state index contributed by atoms with van der Waals surface area (Å²) in [5.74, 6) is -2.38. The van der Waals surface area contributed by atoms with E-state index in [2.05, 4.69) is 5.43 Å². The molecule has 0 aromatic heterocycles. The second-order valence-electron chi connectivity index (χ2n) is 5.86. The third kappa shape index (κ3) is 2.72. The molecule has 2 heterocycles. The Labute approximate surface area is 154 Å². The molecule has 0 radical (unpaired) electrons. The lowest BCUT2D eigenvalue weighted by Gasteiger charge is -2.30. The van der Waals surface area contributed by atoms with E-state index in [0.29, 0.717) is 10.7 Å². The first-order valence-electron chi connectivity index (χ1n) is 7.90. The molecule has 0 aliphatic carbocycles. The summed E-state index contributed by atoms with van der Waals surface area (Å²) in [5.41, 5.74) is 1.21. The fraction of sp³-hybridized carbons (Fsp3) is 0.294. The predicted molar refractivity (Wildman–Crippen MR) is 91.7 cm³/mol. The van der Waals surface area contributed by atoms with Gasteiger partial charge in [0.1, 0.15) is 5.70 Å². The Morgan fingerprint density at radius 3 is 2.69 bits per heavy atom. The first-order valence-corrected chi connectivity index (χ1v) is 8.28. The molecular formula is C17H16ClN3O5. The van der Waals surface area contributed by atoms with Gasteiger partial charge in [0.15, 0.2) is 5.54 Å². The molecule has 2 aliphatic rings. The van der Waals surface area contributed by atoms with E-state index in [1.807, 2.05) is 0 Å². The Kier molecular flexibility index (Phi) is 4.45. The Bertz CT molecular complexity index is 853. The van der Waals surface area contributed by atoms with E-state index in [1.165, 1.54) is 19.1 Å². The molecule has 1 atom stereocenters. The van der Waals surface area contributed by atoms with Crippen molar-refractivity contribution in [3.8, 4) is 0 Å². The molecule has 0 saturated carbocycles. The van der Waals surface area contributed by atoms with Gasteiger partial charge in [-0.05, 0) is 31.2 Å². The number of amides is 3. The van der Waals surface area contributed by atoms with Crippen LogP contribution < -0.4 is 10.3 Å². The number of carbonyl (C=O) groups is 4. The molecule has 3 amide bonds. The summed E-state index contributed by atoms with van der Waals surface area (Å²) in [6, 6.07) is 6.27. The molecule has 136 valence electrons. The van der Waals surface area contributed by atoms with Gasteiger partial charge in [0.25, 0.3) is 5.91 Å². The van der Waals surface area contributed by atoms with Crippen LogP contribution in [0.2, 0.25) is 5.02 Å². The van der Waals surface area contributed by atoms with E-state index in [1.54, 1.807) is 25.1 Å². The molecule has 2 aliphatic heterocycles. The van der Waals surface area contributed by atoms with Gasteiger partial charge in [-0.3, -0.25) is 19.8 Å². The quantitative estimate of drug-likeness (QED) is 0.627. The highest BCUT2D eigenvalue weighted by atomic mass is 35.5. The first-order chi connectivity index (χ1) is 12.3. The number of esters is 1. The molecule has 0 unspecified atom stereocenters. The van der Waals surface area contributed by atoms with Gasteiger partial charge in [0.05, 0.1) is 18.7 Å². The van der Waals surface area contributed by atoms with Crippen molar-refractivity contribution in [2.75, 3.05) is 11.5 Å². The predicted octanol–water partition coefficient (Wildman–Crippen LogP) is 1.16. The summed E-state index contributed by atoms with van der Waals surface area (Å²) in [5, 5.41) is 1.35. The summed E-state index contributed by atoms with van der Waals surface area (Å²) in [6.07, 6.45) is 0.977. The summed E-state index contributed by atoms with van der Waals surface area (Å²) in [7, 11) is 0. The number of anilines is 1. The standard InChI is InChI=1S/C17H16ClN3O5/c1-3-26-15(24)13-8-17(21(19-13)10(2)22)9-14(23)20(16(17)25)12-6-4-5-11(18)7-12/h4-8,19H,3,9H2,1-2H3/t17-/m1/s1. The van der Waals surface area contributed by atoms with E-state index in [9.17, 15) is 19.2 Å². The Morgan fingerprint density at radius 1 is 1.35 bits per heavy atom. The number of halogens is 1. The van der Waals surface area contributed by atoms with Crippen molar-refractivity contribution in [1.82, 2.24) is 10.4 Å². The second-order valence-corrected chi connectivity index (χ2v) is 6.30. The SMILES string of the molecule is CCOC(=O)C1=C[C@]2(CC(=O)N(c3cccc(Cl)c3)C2=O)N(C(C)=O)N1. The van der Waals surface area contributed by atoms with Crippen LogP contribution >= 0.6 is 11.6 Å². The monoisotopic (exact) mass is 377 g/mol. The zero-order valence-corrected chi connectivity index (χ0v) is 14.9. The number of imide groups is 1. The molecule has 1 aromatic carbocycles. The van der Waals surface area contributed by atoms with Gasteiger partial charge in [0.2, 0.25) is 11.8 Å². The summed E-state index contributed by atoms with van der Waals surface area (Å²) in [6.45, 7) is 3.00. The minimum Gasteiger partial charge on any atom is -0.461 e. The van der Waals surface area contributed by atoms with Crippen molar-refractivity contribution in [1.29, 1.82) is 0 Å². The molecular weight excluding hydrogens is 362 g/mol. The van der Waals surface area contributed by atoms with E-state index in [-0.39, 0.29) is 18.7 Å². The maximum Gasteiger partial charge on any atom is 0.355 e. The number of nitrogens with one attached hydrogen (secondary N) is 1. The van der Waals surface area contributed by atoms with Crippen LogP contribution in [-0.2, 0) is 23.9 Å². The number of benzene rings is 1. The van der Waals surface area contributed by atoms with E-state index in [4.69, 9.17) is 16.3 Å². The summed E-state index contributed by atoms with van der Waals surface area (Å²) >= 11 is 5.95. The highest BCUT2D eigenvalue weighted by Crippen LogP contribution is 2.38. The third-order valence-corrected chi connectivity index (χ3v) is 4.37. The van der Waals surface area contributed by atoms with Gasteiger partial charge in [-0.25, -0.2) is 14.7 Å². The van der Waals surface area contributed by atoms with Crippen LogP contribution in [0.25, 0.3) is 0 Å². The number of ether oxygens (including phenoxy) is 1. The lowest BCUT2D eigenvalue weighted by molar-refractivity contribution is -0.144. The highest BCUT2D eigenvalue weighted by Gasteiger charge is 2.59. The van der Waals surface area contributed by atoms with Crippen molar-refractivity contribution in [2.24, 2.45) is 0 Å². The number of hydrogen-bond donors (Lipinski definition) is 1. The maximum absolute atomic E-state index is 13.1. The molecule has 9 heteroatoms. The van der Waals surface area contributed by atoms with Crippen molar-refractivity contribution < 1.29 is 23.9 Å². The number of hydrogen-bond acceptors (Lipinski definition) is 6. The lowest BCUT2D eigenvalue weighted by Crippen LogP contribution is -2.56. The normalized spacial score (nSPS) is 21.9. The van der Waals surface area contributed by atoms with Crippen LogP contribution in [0.15, 0.2) is 36.0 Å². The van der Waals surface area contributed by atoms with E-state index in [0.717, 1.165) is 9.91 Å². The van der Waals surface area contributed by atoms with Crippen molar-refractivity contribution in [2.45, 2.75) is 25.8 Å². The molecule has 3 rings (SSSR count). The van der Waals surface area contributed by atoms with Crippen LogP contribution in [0.3, 0.4) is 0 Å². The van der Waals surface area contributed by atoms with E-state index >= 15 is 0 Å². The molecule has 1 fully saturated rings. The van der Waals surface area contributed by atoms with E-state index < -0.39 is 29.2 Å². The molecule has 0 bridgehead atoms. The lowest BCUT2D eigenvalue weighted by atomic mass is 9.96. The van der Waals surface area contributed by atoms with Crippen molar-refractivity contribution >= 4 is 41.0 Å². The zero-order valence-electron chi connectivity index (χ0n) is 14.1. The average Bonchev–Trinajstić information content (AvgIpc) is 3.07. The van der Waals surface area contributed by atoms with Crippen LogP contribution in [0.5, 0.6) is 0 Å². The summed E-state index contributed by atoms with van der Waals surface area (Å²) < 4.78 is 4.91. The Balaban J connectivity index is 2.04. The van der Waals surface area contributed by atoms with Gasteiger partial charge in [-0.15, -0.1) is 0 Å². The molecule has 1 spiro atoms. The minimum absolute atomic E-state index is 0.0591. The minimum atomic E-state index is -1.62. The fourth-order valence-electron chi connectivity index (χ4n) is 3.08. The molecule has 1 N–H and O–H groups in total. The summed E-state index contributed by atoms with van der Waals surface area (Å²) in [4.78, 5) is 50.7. The Hall–Kier alpha value is -2.87. The molecule has 8 nitrogen and oxygen atoms in total. The number of rotatable bonds is 3. The second kappa shape index (κ2) is 6.45. The Morgan fingerprint density at radius 2 is 2.08 bits per heavy atom. The number of nitrogens with zero attached hydrogens (tertiary/aromatic N) is 2. The van der Waals surface area contributed by atoms with Crippen molar-refractivity contribution in [3.05, 3.63) is 41.1 Å². The van der Waals surface area contributed by atoms with Crippen LogP contribution in [0.4, 0.5) is 5.69 Å². The number of carbonyl (C=O) groups excluding carboxylic acids is 4. The zero-order chi connectivity index (χ0) is 19.1. The first kappa shape index (κ1) is 17.9. The topological polar surface area (TPSA) is 96.0 Å². The molecule has 1 aromatic rings. The van der Waals surface area contributed by atoms with Crippen LogP contribution in [0.1, 0.15) is 20.3 Å². The van der Waals surface area contributed by atoms with Gasteiger partial charge in [-0.1, -0.05) is 17.7 Å². The largest absolute Gasteiger partial charge is 0.461 e. The maximum atomic E-state index is 13.1. The third-order valence-electron chi connectivity index (χ3n) is 4.13. The molecule has 26 heavy (non-hydrogen) atoms. The van der Waals surface area contributed by atoms with Gasteiger partial charge < -0.3 is 4.74 Å². The fourth-order valence-corrected chi connectivity index (χ4v) is 3.27. The van der Waals surface area contributed by atoms with Gasteiger partial charge in [-0.2, -0.15) is 0 Å². The van der Waals surface area contributed by atoms with Crippen molar-refractivity contribution in [3.63, 3.8) is 0 Å². The smallest absolute Gasteiger partial charge is 0.355 e.